The van der Waals surface area contributed by atoms with Crippen molar-refractivity contribution in [2.45, 2.75) is 39.0 Å². The van der Waals surface area contributed by atoms with Crippen LogP contribution in [0.25, 0.3) is 0 Å². The molecule has 0 radical (unpaired) electrons. The zero-order valence-corrected chi connectivity index (χ0v) is 12.2. The van der Waals surface area contributed by atoms with Crippen molar-refractivity contribution in [3.05, 3.63) is 0 Å². The Bertz CT molecular complexity index is 208. The molecule has 2 rings (SSSR count). The van der Waals surface area contributed by atoms with Gasteiger partial charge in [-0.05, 0) is 70.7 Å². The van der Waals surface area contributed by atoms with Crippen molar-refractivity contribution in [1.29, 1.82) is 0 Å². The van der Waals surface area contributed by atoms with Gasteiger partial charge in [0.25, 0.3) is 0 Å². The molecule has 0 amide bonds. The van der Waals surface area contributed by atoms with Gasteiger partial charge in [0, 0.05) is 19.6 Å². The maximum Gasteiger partial charge on any atom is 0.0109 e. The van der Waals surface area contributed by atoms with E-state index in [2.05, 4.69) is 22.0 Å². The fourth-order valence-electron chi connectivity index (χ4n) is 3.34. The van der Waals surface area contributed by atoms with Crippen LogP contribution in [-0.2, 0) is 0 Å². The highest BCUT2D eigenvalue weighted by atomic mass is 15.2. The first-order valence-electron chi connectivity index (χ1n) is 8.04. The van der Waals surface area contributed by atoms with Crippen molar-refractivity contribution in [2.75, 3.05) is 52.4 Å². The zero-order chi connectivity index (χ0) is 12.6. The maximum atomic E-state index is 3.54. The minimum absolute atomic E-state index is 0.892. The summed E-state index contributed by atoms with van der Waals surface area (Å²) in [6.07, 6.45) is 6.93. The van der Waals surface area contributed by atoms with Gasteiger partial charge >= 0.3 is 0 Å². The van der Waals surface area contributed by atoms with Gasteiger partial charge in [0.15, 0.2) is 0 Å². The zero-order valence-electron chi connectivity index (χ0n) is 12.2. The van der Waals surface area contributed by atoms with Crippen LogP contribution in [0.4, 0.5) is 0 Å². The molecule has 1 atom stereocenters. The Kier molecular flexibility index (Phi) is 6.46. The molecule has 0 spiro atoms. The molecule has 0 aromatic heterocycles. The number of hydrogen-bond acceptors (Lipinski definition) is 3. The van der Waals surface area contributed by atoms with E-state index in [0.717, 1.165) is 5.92 Å². The van der Waals surface area contributed by atoms with Gasteiger partial charge in [0.1, 0.15) is 0 Å². The number of piperidine rings is 1. The molecule has 0 aromatic carbocycles. The Morgan fingerprint density at radius 2 is 2.00 bits per heavy atom. The average molecular weight is 253 g/mol. The summed E-state index contributed by atoms with van der Waals surface area (Å²) in [5.41, 5.74) is 0. The Balaban J connectivity index is 1.68. The molecular formula is C15H31N3. The van der Waals surface area contributed by atoms with E-state index in [1.807, 2.05) is 0 Å². The first-order chi connectivity index (χ1) is 8.88. The predicted molar refractivity (Wildman–Crippen MR) is 78.0 cm³/mol. The predicted octanol–water partition coefficient (Wildman–Crippen LogP) is 1.79. The van der Waals surface area contributed by atoms with Crippen molar-refractivity contribution in [1.82, 2.24) is 15.1 Å². The molecule has 2 fully saturated rings. The fourth-order valence-corrected chi connectivity index (χ4v) is 3.34. The summed E-state index contributed by atoms with van der Waals surface area (Å²) < 4.78 is 0. The van der Waals surface area contributed by atoms with Gasteiger partial charge in [0.2, 0.25) is 0 Å². The summed E-state index contributed by atoms with van der Waals surface area (Å²) in [5, 5.41) is 3.54. The van der Waals surface area contributed by atoms with E-state index in [0.29, 0.717) is 0 Å². The minimum Gasteiger partial charge on any atom is -0.316 e. The number of nitrogens with zero attached hydrogens (tertiary/aromatic N) is 2. The monoisotopic (exact) mass is 253 g/mol. The summed E-state index contributed by atoms with van der Waals surface area (Å²) in [6.45, 7) is 12.6. The Morgan fingerprint density at radius 1 is 1.17 bits per heavy atom. The second-order valence-electron chi connectivity index (χ2n) is 6.06. The molecule has 0 bridgehead atoms. The van der Waals surface area contributed by atoms with Gasteiger partial charge in [-0.1, -0.05) is 6.92 Å². The van der Waals surface area contributed by atoms with Crippen molar-refractivity contribution in [3.8, 4) is 0 Å². The molecular weight excluding hydrogens is 222 g/mol. The van der Waals surface area contributed by atoms with E-state index in [1.165, 1.54) is 84.5 Å². The summed E-state index contributed by atoms with van der Waals surface area (Å²) in [6, 6.07) is 0. The third-order valence-electron chi connectivity index (χ3n) is 4.39. The van der Waals surface area contributed by atoms with Gasteiger partial charge in [-0.15, -0.1) is 0 Å². The van der Waals surface area contributed by atoms with Crippen LogP contribution < -0.4 is 5.32 Å². The smallest absolute Gasteiger partial charge is 0.0109 e. The third-order valence-corrected chi connectivity index (χ3v) is 4.39. The van der Waals surface area contributed by atoms with E-state index in [-0.39, 0.29) is 0 Å². The lowest BCUT2D eigenvalue weighted by atomic mass is 9.99. The third kappa shape index (κ3) is 4.87. The summed E-state index contributed by atoms with van der Waals surface area (Å²) >= 11 is 0. The molecule has 2 heterocycles. The van der Waals surface area contributed by atoms with E-state index < -0.39 is 0 Å². The molecule has 2 saturated heterocycles. The average Bonchev–Trinajstić information content (AvgIpc) is 2.91. The van der Waals surface area contributed by atoms with Crippen LogP contribution in [0.3, 0.4) is 0 Å². The van der Waals surface area contributed by atoms with Crippen LogP contribution in [-0.4, -0.2) is 62.2 Å². The molecule has 106 valence electrons. The van der Waals surface area contributed by atoms with Crippen LogP contribution in [0.15, 0.2) is 0 Å². The first-order valence-corrected chi connectivity index (χ1v) is 8.04. The Hall–Kier alpha value is -0.120. The molecule has 0 aliphatic carbocycles. The molecule has 1 N–H and O–H groups in total. The summed E-state index contributed by atoms with van der Waals surface area (Å²) in [4.78, 5) is 5.35. The van der Waals surface area contributed by atoms with Crippen molar-refractivity contribution in [2.24, 2.45) is 5.92 Å². The highest BCUT2D eigenvalue weighted by Crippen LogP contribution is 2.13. The molecule has 0 aromatic rings. The minimum atomic E-state index is 0.892. The molecule has 18 heavy (non-hydrogen) atoms. The quantitative estimate of drug-likeness (QED) is 0.746. The second-order valence-corrected chi connectivity index (χ2v) is 6.06. The lowest BCUT2D eigenvalue weighted by molar-refractivity contribution is 0.184. The number of rotatable bonds is 7. The van der Waals surface area contributed by atoms with Gasteiger partial charge in [-0.3, -0.25) is 0 Å². The summed E-state index contributed by atoms with van der Waals surface area (Å²) in [7, 11) is 0. The van der Waals surface area contributed by atoms with Crippen LogP contribution in [0.2, 0.25) is 0 Å². The lowest BCUT2D eigenvalue weighted by Crippen LogP contribution is -2.41. The number of hydrogen-bond donors (Lipinski definition) is 1. The Morgan fingerprint density at radius 3 is 2.67 bits per heavy atom. The lowest BCUT2D eigenvalue weighted by Gasteiger charge is -2.31. The van der Waals surface area contributed by atoms with Crippen LogP contribution in [0.5, 0.6) is 0 Å². The van der Waals surface area contributed by atoms with Crippen molar-refractivity contribution >= 4 is 0 Å². The molecule has 3 nitrogen and oxygen atoms in total. The standard InChI is InChI=1S/C15H31N3/c1-2-8-18(12-11-17-9-3-4-10-17)14-15-6-5-7-16-13-15/h15-16H,2-14H2,1H3. The first kappa shape index (κ1) is 14.3. The van der Waals surface area contributed by atoms with Gasteiger partial charge < -0.3 is 15.1 Å². The molecule has 2 aliphatic rings. The topological polar surface area (TPSA) is 18.5 Å². The van der Waals surface area contributed by atoms with Crippen LogP contribution in [0.1, 0.15) is 39.0 Å². The fraction of sp³-hybridized carbons (Fsp3) is 1.00. The molecule has 1 unspecified atom stereocenters. The van der Waals surface area contributed by atoms with Gasteiger partial charge in [-0.25, -0.2) is 0 Å². The largest absolute Gasteiger partial charge is 0.316 e. The second kappa shape index (κ2) is 8.13. The van der Waals surface area contributed by atoms with E-state index in [1.54, 1.807) is 0 Å². The SMILES string of the molecule is CCCN(CCN1CCCC1)CC1CCCNC1. The van der Waals surface area contributed by atoms with Crippen LogP contribution in [0, 0.1) is 5.92 Å². The van der Waals surface area contributed by atoms with Crippen molar-refractivity contribution < 1.29 is 0 Å². The molecule has 0 saturated carbocycles. The summed E-state index contributed by atoms with van der Waals surface area (Å²) in [5.74, 6) is 0.892. The molecule has 3 heteroatoms. The molecule has 2 aliphatic heterocycles. The van der Waals surface area contributed by atoms with Crippen LogP contribution >= 0.6 is 0 Å². The maximum absolute atomic E-state index is 3.54. The number of nitrogens with one attached hydrogen (secondary N) is 1. The highest BCUT2D eigenvalue weighted by Gasteiger charge is 2.18. The van der Waals surface area contributed by atoms with Gasteiger partial charge in [-0.2, -0.15) is 0 Å². The van der Waals surface area contributed by atoms with Crippen molar-refractivity contribution in [3.63, 3.8) is 0 Å². The van der Waals surface area contributed by atoms with Gasteiger partial charge in [0.05, 0.1) is 0 Å². The van der Waals surface area contributed by atoms with E-state index in [9.17, 15) is 0 Å². The van der Waals surface area contributed by atoms with E-state index >= 15 is 0 Å². The van der Waals surface area contributed by atoms with E-state index in [4.69, 9.17) is 0 Å². The normalized spacial score (nSPS) is 26.0. The highest BCUT2D eigenvalue weighted by molar-refractivity contribution is 4.74. The number of likely N-dealkylation sites (tertiary alicyclic amines) is 1. The Labute approximate surface area is 113 Å².